The predicted octanol–water partition coefficient (Wildman–Crippen LogP) is 2.64. The van der Waals surface area contributed by atoms with E-state index in [0.29, 0.717) is 5.76 Å². The number of hydrogen-bond acceptors (Lipinski definition) is 4. The number of ether oxygens (including phenoxy) is 1. The van der Waals surface area contributed by atoms with E-state index < -0.39 is 5.60 Å². The Labute approximate surface area is 151 Å². The molecule has 0 radical (unpaired) electrons. The van der Waals surface area contributed by atoms with Crippen LogP contribution in [0.1, 0.15) is 51.7 Å². The molecule has 1 aromatic heterocycles. The van der Waals surface area contributed by atoms with Gasteiger partial charge in [-0.2, -0.15) is 0 Å². The molecule has 1 aromatic rings. The van der Waals surface area contributed by atoms with Crippen LogP contribution in [0, 0.1) is 5.41 Å². The lowest BCUT2D eigenvalue weighted by molar-refractivity contribution is 0.0436. The summed E-state index contributed by atoms with van der Waals surface area (Å²) in [6.45, 7) is 6.45. The van der Waals surface area contributed by atoms with E-state index in [9.17, 15) is 5.11 Å². The van der Waals surface area contributed by atoms with E-state index in [2.05, 4.69) is 15.6 Å². The molecule has 1 aliphatic carbocycles. The SMILES string of the molecule is CCNC(=NCC(C)(O)c1ccco1)NCC1(CCOC)CCCC1. The van der Waals surface area contributed by atoms with Crippen molar-refractivity contribution < 1.29 is 14.3 Å². The zero-order valence-electron chi connectivity index (χ0n) is 15.8. The topological polar surface area (TPSA) is 79.0 Å². The number of nitrogens with one attached hydrogen (secondary N) is 2. The lowest BCUT2D eigenvalue weighted by Gasteiger charge is -2.30. The molecule has 6 heteroatoms. The van der Waals surface area contributed by atoms with Gasteiger partial charge in [0.15, 0.2) is 5.96 Å². The van der Waals surface area contributed by atoms with Crippen LogP contribution in [0.2, 0.25) is 0 Å². The van der Waals surface area contributed by atoms with Crippen LogP contribution in [0.25, 0.3) is 0 Å². The smallest absolute Gasteiger partial charge is 0.191 e. The summed E-state index contributed by atoms with van der Waals surface area (Å²) in [4.78, 5) is 4.57. The van der Waals surface area contributed by atoms with Gasteiger partial charge in [-0.15, -0.1) is 0 Å². The second-order valence-electron chi connectivity index (χ2n) is 7.25. The maximum atomic E-state index is 10.6. The summed E-state index contributed by atoms with van der Waals surface area (Å²) < 4.78 is 10.6. The van der Waals surface area contributed by atoms with Crippen molar-refractivity contribution in [2.75, 3.05) is 33.4 Å². The average Bonchev–Trinajstić information content (AvgIpc) is 3.28. The molecule has 0 aliphatic heterocycles. The number of guanidine groups is 1. The third-order valence-electron chi connectivity index (χ3n) is 5.07. The first-order valence-electron chi connectivity index (χ1n) is 9.29. The number of hydrogen-bond donors (Lipinski definition) is 3. The Morgan fingerprint density at radius 3 is 2.76 bits per heavy atom. The standard InChI is InChI=1S/C19H33N3O3/c1-4-20-17(21-14-18(2,23)16-8-7-12-25-16)22-15-19(11-13-24-3)9-5-6-10-19/h7-8,12,23H,4-6,9-11,13-15H2,1-3H3,(H2,20,21,22). The number of methoxy groups -OCH3 is 1. The van der Waals surface area contributed by atoms with Gasteiger partial charge in [-0.3, -0.25) is 0 Å². The Balaban J connectivity index is 1.97. The van der Waals surface area contributed by atoms with E-state index in [-0.39, 0.29) is 12.0 Å². The first-order valence-corrected chi connectivity index (χ1v) is 9.29. The number of rotatable bonds is 9. The summed E-state index contributed by atoms with van der Waals surface area (Å²) >= 11 is 0. The third kappa shape index (κ3) is 5.75. The largest absolute Gasteiger partial charge is 0.466 e. The van der Waals surface area contributed by atoms with Crippen molar-refractivity contribution in [2.24, 2.45) is 10.4 Å². The fourth-order valence-corrected chi connectivity index (χ4v) is 3.47. The fraction of sp³-hybridized carbons (Fsp3) is 0.737. The minimum absolute atomic E-state index is 0.237. The molecule has 0 aromatic carbocycles. The van der Waals surface area contributed by atoms with E-state index in [1.54, 1.807) is 32.4 Å². The second-order valence-corrected chi connectivity index (χ2v) is 7.25. The van der Waals surface area contributed by atoms with Gasteiger partial charge in [0.1, 0.15) is 11.4 Å². The van der Waals surface area contributed by atoms with E-state index in [1.165, 1.54) is 25.7 Å². The predicted molar refractivity (Wildman–Crippen MR) is 99.7 cm³/mol. The van der Waals surface area contributed by atoms with Crippen molar-refractivity contribution in [3.8, 4) is 0 Å². The average molecular weight is 351 g/mol. The molecule has 0 spiro atoms. The molecule has 1 heterocycles. The van der Waals surface area contributed by atoms with Crippen LogP contribution in [0.5, 0.6) is 0 Å². The zero-order valence-corrected chi connectivity index (χ0v) is 15.8. The van der Waals surface area contributed by atoms with E-state index in [4.69, 9.17) is 9.15 Å². The van der Waals surface area contributed by atoms with Crippen LogP contribution in [0.15, 0.2) is 27.8 Å². The highest BCUT2D eigenvalue weighted by molar-refractivity contribution is 5.79. The van der Waals surface area contributed by atoms with Gasteiger partial charge in [-0.1, -0.05) is 12.8 Å². The Kier molecular flexibility index (Phi) is 7.32. The Morgan fingerprint density at radius 1 is 1.40 bits per heavy atom. The lowest BCUT2D eigenvalue weighted by Crippen LogP contribution is -2.44. The molecule has 1 aliphatic rings. The van der Waals surface area contributed by atoms with Crippen molar-refractivity contribution in [3.05, 3.63) is 24.2 Å². The van der Waals surface area contributed by atoms with Crippen molar-refractivity contribution in [1.82, 2.24) is 10.6 Å². The minimum atomic E-state index is -1.12. The molecule has 1 unspecified atom stereocenters. The van der Waals surface area contributed by atoms with Gasteiger partial charge in [0.2, 0.25) is 0 Å². The molecule has 1 fully saturated rings. The first kappa shape index (κ1) is 19.8. The van der Waals surface area contributed by atoms with Crippen LogP contribution < -0.4 is 10.6 Å². The van der Waals surface area contributed by atoms with Crippen molar-refractivity contribution in [1.29, 1.82) is 0 Å². The van der Waals surface area contributed by atoms with Crippen LogP contribution in [-0.2, 0) is 10.3 Å². The van der Waals surface area contributed by atoms with Crippen molar-refractivity contribution in [3.63, 3.8) is 0 Å². The summed E-state index contributed by atoms with van der Waals surface area (Å²) in [5.74, 6) is 1.26. The summed E-state index contributed by atoms with van der Waals surface area (Å²) in [5, 5.41) is 17.3. The van der Waals surface area contributed by atoms with Gasteiger partial charge in [0, 0.05) is 26.8 Å². The van der Waals surface area contributed by atoms with Gasteiger partial charge in [-0.05, 0) is 50.7 Å². The van der Waals surface area contributed by atoms with Gasteiger partial charge in [0.25, 0.3) is 0 Å². The summed E-state index contributed by atoms with van der Waals surface area (Å²) in [7, 11) is 1.76. The molecular formula is C19H33N3O3. The summed E-state index contributed by atoms with van der Waals surface area (Å²) in [6, 6.07) is 3.55. The number of aliphatic hydroxyl groups is 1. The Hall–Kier alpha value is -1.53. The molecule has 1 saturated carbocycles. The molecule has 0 bridgehead atoms. The normalized spacial score (nSPS) is 19.6. The Bertz CT molecular complexity index is 520. The Morgan fingerprint density at radius 2 is 2.16 bits per heavy atom. The first-order chi connectivity index (χ1) is 12.0. The van der Waals surface area contributed by atoms with Crippen molar-refractivity contribution >= 4 is 5.96 Å². The van der Waals surface area contributed by atoms with E-state index in [0.717, 1.165) is 32.1 Å². The second kappa shape index (κ2) is 9.25. The summed E-state index contributed by atoms with van der Waals surface area (Å²) in [5.41, 5.74) is -0.831. The number of furan rings is 1. The molecule has 6 nitrogen and oxygen atoms in total. The fourth-order valence-electron chi connectivity index (χ4n) is 3.47. The van der Waals surface area contributed by atoms with Crippen molar-refractivity contribution in [2.45, 2.75) is 51.6 Å². The van der Waals surface area contributed by atoms with E-state index >= 15 is 0 Å². The zero-order chi connectivity index (χ0) is 18.2. The van der Waals surface area contributed by atoms with Gasteiger partial charge >= 0.3 is 0 Å². The molecule has 2 rings (SSSR count). The monoisotopic (exact) mass is 351 g/mol. The summed E-state index contributed by atoms with van der Waals surface area (Å²) in [6.07, 6.45) is 7.66. The lowest BCUT2D eigenvalue weighted by atomic mass is 9.83. The maximum absolute atomic E-state index is 10.6. The molecule has 0 amide bonds. The molecule has 142 valence electrons. The highest BCUT2D eigenvalue weighted by Gasteiger charge is 2.33. The number of nitrogens with zero attached hydrogens (tertiary/aromatic N) is 1. The van der Waals surface area contributed by atoms with Crippen LogP contribution in [0.3, 0.4) is 0 Å². The highest BCUT2D eigenvalue weighted by atomic mass is 16.5. The van der Waals surface area contributed by atoms with Crippen LogP contribution >= 0.6 is 0 Å². The highest BCUT2D eigenvalue weighted by Crippen LogP contribution is 2.40. The quantitative estimate of drug-likeness (QED) is 0.471. The van der Waals surface area contributed by atoms with Gasteiger partial charge in [-0.25, -0.2) is 4.99 Å². The molecule has 25 heavy (non-hydrogen) atoms. The van der Waals surface area contributed by atoms with Gasteiger partial charge < -0.3 is 24.9 Å². The van der Waals surface area contributed by atoms with E-state index in [1.807, 2.05) is 6.92 Å². The van der Waals surface area contributed by atoms with Gasteiger partial charge in [0.05, 0.1) is 12.8 Å². The molecule has 1 atom stereocenters. The molecular weight excluding hydrogens is 318 g/mol. The third-order valence-corrected chi connectivity index (χ3v) is 5.07. The van der Waals surface area contributed by atoms with Crippen LogP contribution in [0.4, 0.5) is 0 Å². The molecule has 3 N–H and O–H groups in total. The maximum Gasteiger partial charge on any atom is 0.191 e. The molecule has 0 saturated heterocycles. The van der Waals surface area contributed by atoms with Crippen LogP contribution in [-0.4, -0.2) is 44.4 Å². The minimum Gasteiger partial charge on any atom is -0.466 e. The number of aliphatic imine (C=N–C) groups is 1.